The number of benzene rings is 4. The van der Waals surface area contributed by atoms with Gasteiger partial charge in [0, 0.05) is 11.1 Å². The van der Waals surface area contributed by atoms with Crippen molar-refractivity contribution < 1.29 is 14.3 Å². The number of rotatable bonds is 4. The molecule has 0 unspecified atom stereocenters. The van der Waals surface area contributed by atoms with E-state index in [0.29, 0.717) is 0 Å². The largest absolute Gasteiger partial charge is 0.497 e. The van der Waals surface area contributed by atoms with E-state index >= 15 is 0 Å². The second kappa shape index (κ2) is 13.3. The van der Waals surface area contributed by atoms with Crippen molar-refractivity contribution in [3.63, 3.8) is 0 Å². The highest BCUT2D eigenvalue weighted by Crippen LogP contribution is 2.08. The molecule has 0 radical (unpaired) electrons. The normalized spacial score (nSPS) is 9.13. The highest BCUT2D eigenvalue weighted by Gasteiger charge is 2.06. The number of carbonyl (C=O) groups is 1. The van der Waals surface area contributed by atoms with Gasteiger partial charge in [0.15, 0.2) is 5.78 Å². The first kappa shape index (κ1) is 22.4. The summed E-state index contributed by atoms with van der Waals surface area (Å²) in [4.78, 5) is 11.8. The molecule has 4 aromatic carbocycles. The maximum absolute atomic E-state index is 11.8. The van der Waals surface area contributed by atoms with E-state index in [1.54, 1.807) is 14.2 Å². The first-order chi connectivity index (χ1) is 14.7. The SMILES string of the molecule is COc1ccccc1.COc1ccccc1.O=C(c1ccccc1)c1ccccc1. The van der Waals surface area contributed by atoms with Crippen LogP contribution in [0.25, 0.3) is 0 Å². The van der Waals surface area contributed by atoms with Gasteiger partial charge in [-0.25, -0.2) is 0 Å². The van der Waals surface area contributed by atoms with E-state index in [1.165, 1.54) is 0 Å². The minimum Gasteiger partial charge on any atom is -0.497 e. The molecule has 0 bridgehead atoms. The Balaban J connectivity index is 0.000000172. The van der Waals surface area contributed by atoms with Gasteiger partial charge in [0.05, 0.1) is 14.2 Å². The highest BCUT2D eigenvalue weighted by atomic mass is 16.5. The number of hydrogen-bond donors (Lipinski definition) is 0. The fourth-order valence-corrected chi connectivity index (χ4v) is 2.46. The molecule has 4 aromatic rings. The Morgan fingerprint density at radius 2 is 0.733 bits per heavy atom. The summed E-state index contributed by atoms with van der Waals surface area (Å²) in [6.07, 6.45) is 0. The summed E-state index contributed by atoms with van der Waals surface area (Å²) in [7, 11) is 3.32. The number of carbonyl (C=O) groups excluding carboxylic acids is 1. The molecule has 0 fully saturated rings. The lowest BCUT2D eigenvalue weighted by atomic mass is 10.0. The molecule has 0 aliphatic carbocycles. The minimum absolute atomic E-state index is 0.0752. The van der Waals surface area contributed by atoms with Crippen LogP contribution in [0.2, 0.25) is 0 Å². The molecule has 30 heavy (non-hydrogen) atoms. The highest BCUT2D eigenvalue weighted by molar-refractivity contribution is 6.08. The Morgan fingerprint density at radius 3 is 0.967 bits per heavy atom. The van der Waals surface area contributed by atoms with E-state index in [0.717, 1.165) is 22.6 Å². The Hall–Kier alpha value is -3.85. The topological polar surface area (TPSA) is 35.5 Å². The Kier molecular flexibility index (Phi) is 9.98. The zero-order valence-corrected chi connectivity index (χ0v) is 17.3. The second-order valence-corrected chi connectivity index (χ2v) is 6.10. The fourth-order valence-electron chi connectivity index (χ4n) is 2.46. The van der Waals surface area contributed by atoms with Crippen LogP contribution < -0.4 is 9.47 Å². The van der Waals surface area contributed by atoms with Crippen LogP contribution in [0.4, 0.5) is 0 Å². The van der Waals surface area contributed by atoms with Crippen LogP contribution in [0.1, 0.15) is 15.9 Å². The lowest BCUT2D eigenvalue weighted by molar-refractivity contribution is 0.103. The maximum atomic E-state index is 11.8. The number of ether oxygens (including phenoxy) is 2. The lowest BCUT2D eigenvalue weighted by Gasteiger charge is -1.99. The lowest BCUT2D eigenvalue weighted by Crippen LogP contribution is -1.99. The number of hydrogen-bond acceptors (Lipinski definition) is 3. The van der Waals surface area contributed by atoms with Gasteiger partial charge in [0.25, 0.3) is 0 Å². The molecule has 0 saturated carbocycles. The summed E-state index contributed by atoms with van der Waals surface area (Å²) in [6.45, 7) is 0. The fraction of sp³-hybridized carbons (Fsp3) is 0.0741. The first-order valence-electron chi connectivity index (χ1n) is 9.57. The van der Waals surface area contributed by atoms with Gasteiger partial charge in [-0.05, 0) is 24.3 Å². The zero-order valence-electron chi connectivity index (χ0n) is 17.3. The molecule has 4 rings (SSSR count). The predicted molar refractivity (Wildman–Crippen MR) is 122 cm³/mol. The van der Waals surface area contributed by atoms with E-state index in [-0.39, 0.29) is 5.78 Å². The molecule has 0 aromatic heterocycles. The Labute approximate surface area is 178 Å². The maximum Gasteiger partial charge on any atom is 0.193 e. The number of methoxy groups -OCH3 is 2. The van der Waals surface area contributed by atoms with E-state index in [4.69, 9.17) is 9.47 Å². The van der Waals surface area contributed by atoms with Gasteiger partial charge in [-0.2, -0.15) is 0 Å². The average Bonchev–Trinajstić information content (AvgIpc) is 2.86. The number of ketones is 1. The second-order valence-electron chi connectivity index (χ2n) is 6.10. The third-order valence-corrected chi connectivity index (χ3v) is 4.03. The molecule has 0 saturated heterocycles. The van der Waals surface area contributed by atoms with Gasteiger partial charge in [-0.3, -0.25) is 4.79 Å². The number of para-hydroxylation sites is 2. The van der Waals surface area contributed by atoms with Crippen molar-refractivity contribution in [2.45, 2.75) is 0 Å². The smallest absolute Gasteiger partial charge is 0.193 e. The van der Waals surface area contributed by atoms with Crippen LogP contribution in [-0.2, 0) is 0 Å². The van der Waals surface area contributed by atoms with Crippen LogP contribution in [0.15, 0.2) is 121 Å². The van der Waals surface area contributed by atoms with Gasteiger partial charge in [0.1, 0.15) is 11.5 Å². The Morgan fingerprint density at radius 1 is 0.467 bits per heavy atom. The molecule has 152 valence electrons. The molecule has 0 amide bonds. The average molecular weight is 399 g/mol. The van der Waals surface area contributed by atoms with Gasteiger partial charge in [-0.15, -0.1) is 0 Å². The molecular weight excluding hydrogens is 372 g/mol. The summed E-state index contributed by atoms with van der Waals surface area (Å²) in [5, 5.41) is 0. The van der Waals surface area contributed by atoms with Crippen molar-refractivity contribution in [1.29, 1.82) is 0 Å². The van der Waals surface area contributed by atoms with Gasteiger partial charge >= 0.3 is 0 Å². The summed E-state index contributed by atoms with van der Waals surface area (Å²) >= 11 is 0. The van der Waals surface area contributed by atoms with Crippen molar-refractivity contribution in [3.05, 3.63) is 132 Å². The van der Waals surface area contributed by atoms with Crippen LogP contribution >= 0.6 is 0 Å². The predicted octanol–water partition coefficient (Wildman–Crippen LogP) is 6.31. The van der Waals surface area contributed by atoms with Crippen LogP contribution in [0.5, 0.6) is 11.5 Å². The summed E-state index contributed by atoms with van der Waals surface area (Å²) < 4.78 is 9.83. The van der Waals surface area contributed by atoms with E-state index < -0.39 is 0 Å². The molecule has 0 aliphatic rings. The Bertz CT molecular complexity index is 873. The van der Waals surface area contributed by atoms with Crippen molar-refractivity contribution in [1.82, 2.24) is 0 Å². The van der Waals surface area contributed by atoms with Crippen molar-refractivity contribution in [3.8, 4) is 11.5 Å². The standard InChI is InChI=1S/C13H10O.2C7H8O/c14-13(11-7-3-1-4-8-11)12-9-5-2-6-10-12;2*1-8-7-5-3-2-4-6-7/h1-10H;2*2-6H,1H3. The zero-order chi connectivity index (χ0) is 21.4. The molecule has 0 atom stereocenters. The van der Waals surface area contributed by atoms with E-state index in [2.05, 4.69) is 0 Å². The van der Waals surface area contributed by atoms with Gasteiger partial charge in [0.2, 0.25) is 0 Å². The summed E-state index contributed by atoms with van der Waals surface area (Å²) in [5.41, 5.74) is 1.47. The quantitative estimate of drug-likeness (QED) is 0.378. The van der Waals surface area contributed by atoms with Crippen molar-refractivity contribution in [2.24, 2.45) is 0 Å². The van der Waals surface area contributed by atoms with Crippen LogP contribution in [0.3, 0.4) is 0 Å². The van der Waals surface area contributed by atoms with Crippen molar-refractivity contribution >= 4 is 5.78 Å². The molecule has 0 spiro atoms. The molecule has 0 N–H and O–H groups in total. The monoisotopic (exact) mass is 398 g/mol. The van der Waals surface area contributed by atoms with Crippen LogP contribution in [0, 0.1) is 0 Å². The first-order valence-corrected chi connectivity index (χ1v) is 9.57. The van der Waals surface area contributed by atoms with Gasteiger partial charge < -0.3 is 9.47 Å². The summed E-state index contributed by atoms with van der Waals surface area (Å²) in [5.74, 6) is 1.89. The third-order valence-electron chi connectivity index (χ3n) is 4.03. The summed E-state index contributed by atoms with van der Waals surface area (Å²) in [6, 6.07) is 38.0. The van der Waals surface area contributed by atoms with Crippen molar-refractivity contribution in [2.75, 3.05) is 14.2 Å². The molecule has 0 heterocycles. The molecule has 3 nitrogen and oxygen atoms in total. The van der Waals surface area contributed by atoms with Crippen LogP contribution in [-0.4, -0.2) is 20.0 Å². The van der Waals surface area contributed by atoms with Gasteiger partial charge in [-0.1, -0.05) is 97.1 Å². The van der Waals surface area contributed by atoms with E-state index in [9.17, 15) is 4.79 Å². The third kappa shape index (κ3) is 8.03. The van der Waals surface area contributed by atoms with E-state index in [1.807, 2.05) is 121 Å². The molecular formula is C27H26O3. The minimum atomic E-state index is 0.0752. The molecule has 3 heteroatoms. The molecule has 0 aliphatic heterocycles.